The van der Waals surface area contributed by atoms with Crippen molar-refractivity contribution in [2.75, 3.05) is 19.7 Å². The van der Waals surface area contributed by atoms with Gasteiger partial charge in [0.15, 0.2) is 0 Å². The van der Waals surface area contributed by atoms with Crippen LogP contribution in [0.25, 0.3) is 5.69 Å². The third-order valence-corrected chi connectivity index (χ3v) is 4.58. The van der Waals surface area contributed by atoms with E-state index in [1.54, 1.807) is 9.58 Å². The average molecular weight is 328 g/mol. The lowest BCUT2D eigenvalue weighted by atomic mass is 10.0. The molecule has 1 aliphatic rings. The molecule has 0 bridgehead atoms. The number of nitrogens with zero attached hydrogens (tertiary/aromatic N) is 4. The van der Waals surface area contributed by atoms with E-state index in [-0.39, 0.29) is 24.3 Å². The van der Waals surface area contributed by atoms with E-state index < -0.39 is 0 Å². The normalized spacial score (nSPS) is 17.7. The first-order valence-corrected chi connectivity index (χ1v) is 8.44. The summed E-state index contributed by atoms with van der Waals surface area (Å²) in [5.74, 6) is 1.29. The number of carbonyl (C=O) groups is 1. The second-order valence-corrected chi connectivity index (χ2v) is 6.70. The molecule has 2 heterocycles. The number of hydrogen-bond donors (Lipinski definition) is 1. The number of para-hydroxylation sites is 1. The van der Waals surface area contributed by atoms with Gasteiger partial charge in [-0.25, -0.2) is 9.67 Å². The smallest absolute Gasteiger partial charge is 0.293 e. The highest BCUT2D eigenvalue weighted by Gasteiger charge is 2.29. The largest absolute Gasteiger partial charge is 0.396 e. The summed E-state index contributed by atoms with van der Waals surface area (Å²) in [6, 6.07) is 8.06. The molecule has 0 saturated carbocycles. The number of rotatable bonds is 4. The number of hydrogen-bond acceptors (Lipinski definition) is 4. The second kappa shape index (κ2) is 6.73. The molecule has 3 rings (SSSR count). The van der Waals surface area contributed by atoms with Gasteiger partial charge in [0.1, 0.15) is 5.82 Å². The van der Waals surface area contributed by atoms with Crippen LogP contribution in [-0.4, -0.2) is 50.4 Å². The molecule has 1 aliphatic heterocycles. The number of aliphatic hydroxyl groups is 1. The summed E-state index contributed by atoms with van der Waals surface area (Å²) < 4.78 is 1.75. The number of aromatic nitrogens is 3. The molecule has 2 aromatic rings. The number of aliphatic hydroxyl groups excluding tert-OH is 1. The van der Waals surface area contributed by atoms with Crippen LogP contribution >= 0.6 is 0 Å². The molecule has 128 valence electrons. The Labute approximate surface area is 142 Å². The van der Waals surface area contributed by atoms with E-state index >= 15 is 0 Å². The molecule has 1 atom stereocenters. The van der Waals surface area contributed by atoms with Gasteiger partial charge in [0.05, 0.1) is 5.69 Å². The maximum absolute atomic E-state index is 12.6. The molecule has 1 saturated heterocycles. The summed E-state index contributed by atoms with van der Waals surface area (Å²) in [6.45, 7) is 7.48. The van der Waals surface area contributed by atoms with Crippen LogP contribution in [0.1, 0.15) is 48.2 Å². The number of carbonyl (C=O) groups excluding carboxylic acids is 1. The molecule has 6 heteroatoms. The molecular weight excluding hydrogens is 304 g/mol. The molecule has 1 unspecified atom stereocenters. The van der Waals surface area contributed by atoms with E-state index in [4.69, 9.17) is 0 Å². The van der Waals surface area contributed by atoms with Crippen molar-refractivity contribution < 1.29 is 9.90 Å². The lowest BCUT2D eigenvalue weighted by Gasteiger charge is -2.14. The fraction of sp³-hybridized carbons (Fsp3) is 0.500. The molecule has 1 fully saturated rings. The fourth-order valence-corrected chi connectivity index (χ4v) is 3.19. The Morgan fingerprint density at radius 3 is 2.79 bits per heavy atom. The van der Waals surface area contributed by atoms with Crippen LogP contribution < -0.4 is 0 Å². The maximum atomic E-state index is 12.6. The lowest BCUT2D eigenvalue weighted by molar-refractivity contribution is 0.0770. The van der Waals surface area contributed by atoms with Crippen molar-refractivity contribution in [2.45, 2.75) is 33.1 Å². The summed E-state index contributed by atoms with van der Waals surface area (Å²) >= 11 is 0. The zero-order valence-electron chi connectivity index (χ0n) is 14.4. The molecule has 0 spiro atoms. The fourth-order valence-electron chi connectivity index (χ4n) is 3.19. The van der Waals surface area contributed by atoms with Gasteiger partial charge in [-0.2, -0.15) is 0 Å². The van der Waals surface area contributed by atoms with Gasteiger partial charge in [-0.05, 0) is 30.9 Å². The SMILES string of the molecule is Cc1nc(C(=O)N2CCC(CO)C2)nn1-c1ccccc1C(C)C. The van der Waals surface area contributed by atoms with Crippen LogP contribution in [0.3, 0.4) is 0 Å². The first-order valence-electron chi connectivity index (χ1n) is 8.44. The zero-order chi connectivity index (χ0) is 17.3. The van der Waals surface area contributed by atoms with Crippen molar-refractivity contribution in [1.82, 2.24) is 19.7 Å². The predicted octanol–water partition coefficient (Wildman–Crippen LogP) is 2.15. The highest BCUT2D eigenvalue weighted by Crippen LogP contribution is 2.24. The summed E-state index contributed by atoms with van der Waals surface area (Å²) in [6.07, 6.45) is 0.831. The Bertz CT molecular complexity index is 738. The van der Waals surface area contributed by atoms with Gasteiger partial charge >= 0.3 is 0 Å². The van der Waals surface area contributed by atoms with Crippen molar-refractivity contribution in [3.63, 3.8) is 0 Å². The Morgan fingerprint density at radius 1 is 1.38 bits per heavy atom. The van der Waals surface area contributed by atoms with Gasteiger partial charge in [-0.1, -0.05) is 32.0 Å². The van der Waals surface area contributed by atoms with E-state index in [9.17, 15) is 9.90 Å². The van der Waals surface area contributed by atoms with Gasteiger partial charge in [0.2, 0.25) is 5.82 Å². The van der Waals surface area contributed by atoms with Gasteiger partial charge in [-0.15, -0.1) is 5.10 Å². The van der Waals surface area contributed by atoms with Crippen LogP contribution in [0.4, 0.5) is 0 Å². The van der Waals surface area contributed by atoms with Crippen LogP contribution in [0.5, 0.6) is 0 Å². The highest BCUT2D eigenvalue weighted by molar-refractivity contribution is 5.90. The second-order valence-electron chi connectivity index (χ2n) is 6.70. The molecule has 0 radical (unpaired) electrons. The average Bonchev–Trinajstić information content (AvgIpc) is 3.20. The molecule has 1 amide bonds. The summed E-state index contributed by atoms with van der Waals surface area (Å²) in [7, 11) is 0. The van der Waals surface area contributed by atoms with E-state index in [0.717, 1.165) is 12.1 Å². The van der Waals surface area contributed by atoms with Crippen LogP contribution in [0.15, 0.2) is 24.3 Å². The van der Waals surface area contributed by atoms with Gasteiger partial charge in [0.25, 0.3) is 5.91 Å². The molecule has 24 heavy (non-hydrogen) atoms. The number of amides is 1. The van der Waals surface area contributed by atoms with E-state index in [1.807, 2.05) is 25.1 Å². The molecular formula is C18H24N4O2. The van der Waals surface area contributed by atoms with Crippen molar-refractivity contribution in [3.8, 4) is 5.69 Å². The summed E-state index contributed by atoms with van der Waals surface area (Å²) in [5, 5.41) is 13.7. The monoisotopic (exact) mass is 328 g/mol. The van der Waals surface area contributed by atoms with Gasteiger partial charge in [0, 0.05) is 25.6 Å². The van der Waals surface area contributed by atoms with Crippen molar-refractivity contribution in [3.05, 3.63) is 41.5 Å². The predicted molar refractivity (Wildman–Crippen MR) is 91.3 cm³/mol. The maximum Gasteiger partial charge on any atom is 0.293 e. The first kappa shape index (κ1) is 16.6. The highest BCUT2D eigenvalue weighted by atomic mass is 16.3. The van der Waals surface area contributed by atoms with Crippen LogP contribution in [-0.2, 0) is 0 Å². The summed E-state index contributed by atoms with van der Waals surface area (Å²) in [4.78, 5) is 18.7. The van der Waals surface area contributed by atoms with Crippen molar-refractivity contribution in [2.24, 2.45) is 5.92 Å². The Hall–Kier alpha value is -2.21. The van der Waals surface area contributed by atoms with E-state index in [0.29, 0.717) is 24.8 Å². The minimum absolute atomic E-state index is 0.118. The van der Waals surface area contributed by atoms with E-state index in [2.05, 4.69) is 30.0 Å². The topological polar surface area (TPSA) is 71.2 Å². The third-order valence-electron chi connectivity index (χ3n) is 4.58. The lowest BCUT2D eigenvalue weighted by Crippen LogP contribution is -2.30. The number of likely N-dealkylation sites (tertiary alicyclic amines) is 1. The minimum atomic E-state index is -0.158. The first-order chi connectivity index (χ1) is 11.5. The van der Waals surface area contributed by atoms with Gasteiger partial charge in [-0.3, -0.25) is 4.79 Å². The zero-order valence-corrected chi connectivity index (χ0v) is 14.4. The Kier molecular flexibility index (Phi) is 4.66. The van der Waals surface area contributed by atoms with E-state index in [1.165, 1.54) is 5.56 Å². The summed E-state index contributed by atoms with van der Waals surface area (Å²) in [5.41, 5.74) is 2.14. The molecule has 1 N–H and O–H groups in total. The molecule has 0 aliphatic carbocycles. The van der Waals surface area contributed by atoms with Crippen molar-refractivity contribution >= 4 is 5.91 Å². The van der Waals surface area contributed by atoms with Crippen LogP contribution in [0, 0.1) is 12.8 Å². The molecule has 1 aromatic carbocycles. The molecule has 1 aromatic heterocycles. The number of aryl methyl sites for hydroxylation is 1. The third kappa shape index (κ3) is 3.06. The minimum Gasteiger partial charge on any atom is -0.396 e. The standard InChI is InChI=1S/C18H24N4O2/c1-12(2)15-6-4-5-7-16(15)22-13(3)19-17(20-22)18(24)21-9-8-14(10-21)11-23/h4-7,12,14,23H,8-11H2,1-3H3. The molecule has 6 nitrogen and oxygen atoms in total. The van der Waals surface area contributed by atoms with Crippen molar-refractivity contribution in [1.29, 1.82) is 0 Å². The quantitative estimate of drug-likeness (QED) is 0.933. The Morgan fingerprint density at radius 2 is 2.12 bits per heavy atom. The van der Waals surface area contributed by atoms with Crippen LogP contribution in [0.2, 0.25) is 0 Å². The number of benzene rings is 1. The van der Waals surface area contributed by atoms with Gasteiger partial charge < -0.3 is 10.0 Å². The Balaban J connectivity index is 1.90.